The third-order valence-corrected chi connectivity index (χ3v) is 1.63. The summed E-state index contributed by atoms with van der Waals surface area (Å²) in [6.45, 7) is 3.99. The minimum Gasteiger partial charge on any atom is -0.364 e. The third kappa shape index (κ3) is 4.05. The standard InChI is InChI=1S/C9H14F2N4/c1-3-12-9-14-6(2)4-8(15-9)13-5-7(10)11/h4,7H,3,5H2,1-2H3,(H2,12,13,14,15). The lowest BCUT2D eigenvalue weighted by atomic mass is 10.4. The summed E-state index contributed by atoms with van der Waals surface area (Å²) in [5.74, 6) is 0.869. The second-order valence-electron chi connectivity index (χ2n) is 3.02. The molecule has 0 aromatic carbocycles. The molecule has 1 rings (SSSR count). The Morgan fingerprint density at radius 3 is 2.67 bits per heavy atom. The van der Waals surface area contributed by atoms with E-state index in [2.05, 4.69) is 20.6 Å². The van der Waals surface area contributed by atoms with Gasteiger partial charge in [-0.25, -0.2) is 13.8 Å². The number of halogens is 2. The van der Waals surface area contributed by atoms with Gasteiger partial charge in [0, 0.05) is 18.3 Å². The van der Waals surface area contributed by atoms with E-state index < -0.39 is 13.0 Å². The number of anilines is 2. The summed E-state index contributed by atoms with van der Waals surface area (Å²) in [4.78, 5) is 8.13. The molecule has 2 N–H and O–H groups in total. The highest BCUT2D eigenvalue weighted by Crippen LogP contribution is 2.09. The van der Waals surface area contributed by atoms with Crippen molar-refractivity contribution in [3.8, 4) is 0 Å². The number of alkyl halides is 2. The molecule has 0 saturated carbocycles. The van der Waals surface area contributed by atoms with E-state index in [9.17, 15) is 8.78 Å². The normalized spacial score (nSPS) is 10.5. The number of nitrogens with one attached hydrogen (secondary N) is 2. The van der Waals surface area contributed by atoms with E-state index in [4.69, 9.17) is 0 Å². The van der Waals surface area contributed by atoms with Crippen molar-refractivity contribution >= 4 is 11.8 Å². The second-order valence-corrected chi connectivity index (χ2v) is 3.02. The Labute approximate surface area is 87.1 Å². The van der Waals surface area contributed by atoms with Crippen LogP contribution in [0.4, 0.5) is 20.5 Å². The Morgan fingerprint density at radius 1 is 1.33 bits per heavy atom. The van der Waals surface area contributed by atoms with Crippen molar-refractivity contribution in [2.24, 2.45) is 0 Å². The van der Waals surface area contributed by atoms with Crippen molar-refractivity contribution in [2.45, 2.75) is 20.3 Å². The molecule has 1 heterocycles. The van der Waals surface area contributed by atoms with Gasteiger partial charge in [0.25, 0.3) is 6.43 Å². The van der Waals surface area contributed by atoms with Gasteiger partial charge in [0.1, 0.15) is 5.82 Å². The van der Waals surface area contributed by atoms with E-state index in [1.54, 1.807) is 13.0 Å². The van der Waals surface area contributed by atoms with E-state index in [0.29, 0.717) is 18.3 Å². The molecule has 0 aliphatic carbocycles. The van der Waals surface area contributed by atoms with Gasteiger partial charge < -0.3 is 10.6 Å². The predicted molar refractivity (Wildman–Crippen MR) is 55.4 cm³/mol. The third-order valence-electron chi connectivity index (χ3n) is 1.63. The first-order valence-electron chi connectivity index (χ1n) is 4.73. The molecular formula is C9H14F2N4. The minimum absolute atomic E-state index is 0.401. The Bertz CT molecular complexity index is 317. The highest BCUT2D eigenvalue weighted by molar-refractivity contribution is 5.42. The monoisotopic (exact) mass is 216 g/mol. The Morgan fingerprint density at radius 2 is 2.07 bits per heavy atom. The van der Waals surface area contributed by atoms with Crippen molar-refractivity contribution in [3.05, 3.63) is 11.8 Å². The topological polar surface area (TPSA) is 49.8 Å². The molecule has 0 spiro atoms. The van der Waals surface area contributed by atoms with Gasteiger partial charge in [0.15, 0.2) is 0 Å². The maximum absolute atomic E-state index is 11.9. The molecule has 84 valence electrons. The van der Waals surface area contributed by atoms with Crippen LogP contribution in [0.1, 0.15) is 12.6 Å². The summed E-state index contributed by atoms with van der Waals surface area (Å²) in [5, 5.41) is 5.47. The highest BCUT2D eigenvalue weighted by Gasteiger charge is 2.04. The van der Waals surface area contributed by atoms with E-state index >= 15 is 0 Å². The number of hydrogen-bond donors (Lipinski definition) is 2. The Balaban J connectivity index is 2.70. The molecule has 6 heteroatoms. The van der Waals surface area contributed by atoms with Crippen molar-refractivity contribution < 1.29 is 8.78 Å². The van der Waals surface area contributed by atoms with Crippen LogP contribution >= 0.6 is 0 Å². The number of nitrogens with zero attached hydrogens (tertiary/aromatic N) is 2. The average Bonchev–Trinajstić information content (AvgIpc) is 2.14. The fourth-order valence-corrected chi connectivity index (χ4v) is 1.08. The molecule has 0 amide bonds. The lowest BCUT2D eigenvalue weighted by Gasteiger charge is -2.08. The molecule has 0 bridgehead atoms. The zero-order valence-electron chi connectivity index (χ0n) is 8.72. The van der Waals surface area contributed by atoms with Gasteiger partial charge in [0.2, 0.25) is 5.95 Å². The molecule has 0 radical (unpaired) electrons. The summed E-state index contributed by atoms with van der Waals surface area (Å²) in [6.07, 6.45) is -2.39. The van der Waals surface area contributed by atoms with Crippen molar-refractivity contribution in [1.82, 2.24) is 9.97 Å². The van der Waals surface area contributed by atoms with Crippen LogP contribution < -0.4 is 10.6 Å². The first kappa shape index (κ1) is 11.6. The van der Waals surface area contributed by atoms with Crippen LogP contribution in [0.15, 0.2) is 6.07 Å². The predicted octanol–water partition coefficient (Wildman–Crippen LogP) is 1.89. The first-order chi connectivity index (χ1) is 7.11. The van der Waals surface area contributed by atoms with Crippen molar-refractivity contribution in [1.29, 1.82) is 0 Å². The molecule has 0 saturated heterocycles. The molecule has 0 aliphatic heterocycles. The quantitative estimate of drug-likeness (QED) is 0.789. The smallest absolute Gasteiger partial charge is 0.255 e. The maximum atomic E-state index is 11.9. The van der Waals surface area contributed by atoms with Gasteiger partial charge in [-0.15, -0.1) is 0 Å². The van der Waals surface area contributed by atoms with Crippen LogP contribution in [0.5, 0.6) is 0 Å². The number of aromatic nitrogens is 2. The van der Waals surface area contributed by atoms with Gasteiger partial charge >= 0.3 is 0 Å². The van der Waals surface area contributed by atoms with Crippen LogP contribution in [0.2, 0.25) is 0 Å². The second kappa shape index (κ2) is 5.43. The summed E-state index contributed by atoms with van der Waals surface area (Å²) in [7, 11) is 0. The molecular weight excluding hydrogens is 202 g/mol. The molecule has 0 atom stereocenters. The number of hydrogen-bond acceptors (Lipinski definition) is 4. The molecule has 4 nitrogen and oxygen atoms in total. The van der Waals surface area contributed by atoms with Gasteiger partial charge in [0.05, 0.1) is 6.54 Å². The molecule has 1 aromatic heterocycles. The highest BCUT2D eigenvalue weighted by atomic mass is 19.3. The Kier molecular flexibility index (Phi) is 4.20. The first-order valence-corrected chi connectivity index (χ1v) is 4.73. The summed E-state index contributed by atoms with van der Waals surface area (Å²) >= 11 is 0. The zero-order chi connectivity index (χ0) is 11.3. The van der Waals surface area contributed by atoms with Crippen LogP contribution in [0.25, 0.3) is 0 Å². The summed E-state index contributed by atoms with van der Waals surface area (Å²) in [5.41, 5.74) is 0.734. The van der Waals surface area contributed by atoms with Gasteiger partial charge in [-0.05, 0) is 13.8 Å². The van der Waals surface area contributed by atoms with Crippen LogP contribution in [-0.2, 0) is 0 Å². The van der Waals surface area contributed by atoms with Crippen LogP contribution in [-0.4, -0.2) is 29.5 Å². The van der Waals surface area contributed by atoms with Gasteiger partial charge in [-0.2, -0.15) is 4.98 Å². The number of aryl methyl sites for hydroxylation is 1. The Hall–Kier alpha value is -1.46. The van der Waals surface area contributed by atoms with Gasteiger partial charge in [-0.1, -0.05) is 0 Å². The number of rotatable bonds is 5. The maximum Gasteiger partial charge on any atom is 0.255 e. The molecule has 0 unspecified atom stereocenters. The van der Waals surface area contributed by atoms with E-state index in [0.717, 1.165) is 5.69 Å². The van der Waals surface area contributed by atoms with Crippen LogP contribution in [0.3, 0.4) is 0 Å². The molecule has 0 fully saturated rings. The molecule has 15 heavy (non-hydrogen) atoms. The lowest BCUT2D eigenvalue weighted by molar-refractivity contribution is 0.163. The molecule has 0 aliphatic rings. The van der Waals surface area contributed by atoms with Gasteiger partial charge in [-0.3, -0.25) is 0 Å². The zero-order valence-corrected chi connectivity index (χ0v) is 8.72. The fraction of sp³-hybridized carbons (Fsp3) is 0.556. The SMILES string of the molecule is CCNc1nc(C)cc(NCC(F)F)n1. The molecule has 1 aromatic rings. The fourth-order valence-electron chi connectivity index (χ4n) is 1.08. The summed E-state index contributed by atoms with van der Waals surface area (Å²) in [6, 6.07) is 1.63. The lowest BCUT2D eigenvalue weighted by Crippen LogP contribution is -2.13. The van der Waals surface area contributed by atoms with Crippen molar-refractivity contribution in [3.63, 3.8) is 0 Å². The van der Waals surface area contributed by atoms with E-state index in [1.807, 2.05) is 6.92 Å². The van der Waals surface area contributed by atoms with Crippen molar-refractivity contribution in [2.75, 3.05) is 23.7 Å². The van der Waals surface area contributed by atoms with Crippen LogP contribution in [0, 0.1) is 6.92 Å². The van der Waals surface area contributed by atoms with E-state index in [-0.39, 0.29) is 0 Å². The minimum atomic E-state index is -2.39. The largest absolute Gasteiger partial charge is 0.364 e. The summed E-state index contributed by atoms with van der Waals surface area (Å²) < 4.78 is 23.9. The average molecular weight is 216 g/mol. The van der Waals surface area contributed by atoms with E-state index in [1.165, 1.54) is 0 Å².